The van der Waals surface area contributed by atoms with E-state index in [1.165, 1.54) is 7.05 Å². The zero-order valence-electron chi connectivity index (χ0n) is 12.6. The van der Waals surface area contributed by atoms with Crippen LogP contribution in [0.25, 0.3) is 0 Å². The predicted molar refractivity (Wildman–Crippen MR) is 77.1 cm³/mol. The van der Waals surface area contributed by atoms with E-state index in [0.717, 1.165) is 4.90 Å². The SMILES string of the molecule is Cc1nc(C)c(C[C@]2(O)C(=O)N(C)C(=O)c3ccccc32)o1. The fraction of sp³-hybridized carbons (Fsp3) is 0.312. The van der Waals surface area contributed by atoms with Crippen molar-refractivity contribution in [1.29, 1.82) is 0 Å². The first-order valence-electron chi connectivity index (χ1n) is 6.92. The van der Waals surface area contributed by atoms with Gasteiger partial charge in [-0.3, -0.25) is 14.5 Å². The molecule has 0 aliphatic carbocycles. The number of hydrogen-bond acceptors (Lipinski definition) is 5. The third-order valence-electron chi connectivity index (χ3n) is 3.98. The average Bonchev–Trinajstić information content (AvgIpc) is 2.81. The summed E-state index contributed by atoms with van der Waals surface area (Å²) < 4.78 is 5.48. The Kier molecular flexibility index (Phi) is 3.14. The number of benzene rings is 1. The fourth-order valence-corrected chi connectivity index (χ4v) is 2.84. The quantitative estimate of drug-likeness (QED) is 0.846. The van der Waals surface area contributed by atoms with Gasteiger partial charge in [-0.1, -0.05) is 18.2 Å². The van der Waals surface area contributed by atoms with Gasteiger partial charge in [-0.15, -0.1) is 0 Å². The number of fused-ring (bicyclic) bond motifs is 1. The molecule has 1 aliphatic rings. The van der Waals surface area contributed by atoms with E-state index in [2.05, 4.69) is 4.98 Å². The molecule has 0 saturated heterocycles. The average molecular weight is 300 g/mol. The molecule has 1 N–H and O–H groups in total. The number of aryl methyl sites for hydroxylation is 2. The lowest BCUT2D eigenvalue weighted by Gasteiger charge is -2.36. The van der Waals surface area contributed by atoms with E-state index in [9.17, 15) is 14.7 Å². The molecule has 1 atom stereocenters. The summed E-state index contributed by atoms with van der Waals surface area (Å²) in [4.78, 5) is 29.8. The molecule has 0 fully saturated rings. The number of aromatic nitrogens is 1. The number of hydrogen-bond donors (Lipinski definition) is 1. The van der Waals surface area contributed by atoms with E-state index in [4.69, 9.17) is 4.42 Å². The molecule has 114 valence electrons. The molecule has 1 aliphatic heterocycles. The summed E-state index contributed by atoms with van der Waals surface area (Å²) in [6.45, 7) is 3.45. The van der Waals surface area contributed by atoms with Crippen molar-refractivity contribution in [2.75, 3.05) is 7.05 Å². The Balaban J connectivity index is 2.15. The van der Waals surface area contributed by atoms with Crippen LogP contribution >= 0.6 is 0 Å². The zero-order valence-corrected chi connectivity index (χ0v) is 12.6. The van der Waals surface area contributed by atoms with Crippen LogP contribution in [0.4, 0.5) is 0 Å². The molecular weight excluding hydrogens is 284 g/mol. The van der Waals surface area contributed by atoms with Crippen LogP contribution in [0.5, 0.6) is 0 Å². The maximum atomic E-state index is 12.5. The van der Waals surface area contributed by atoms with Crippen LogP contribution in [0.3, 0.4) is 0 Å². The minimum atomic E-state index is -1.84. The molecule has 6 heteroatoms. The van der Waals surface area contributed by atoms with Gasteiger partial charge < -0.3 is 9.52 Å². The lowest BCUT2D eigenvalue weighted by molar-refractivity contribution is -0.150. The van der Waals surface area contributed by atoms with Gasteiger partial charge in [-0.25, -0.2) is 4.98 Å². The van der Waals surface area contributed by atoms with Crippen LogP contribution in [-0.4, -0.2) is 33.9 Å². The molecule has 0 spiro atoms. The lowest BCUT2D eigenvalue weighted by Crippen LogP contribution is -2.53. The summed E-state index contributed by atoms with van der Waals surface area (Å²) in [7, 11) is 1.37. The number of rotatable bonds is 2. The number of oxazole rings is 1. The van der Waals surface area contributed by atoms with E-state index in [1.54, 1.807) is 38.1 Å². The van der Waals surface area contributed by atoms with E-state index in [0.29, 0.717) is 28.5 Å². The van der Waals surface area contributed by atoms with Crippen LogP contribution in [0.15, 0.2) is 28.7 Å². The van der Waals surface area contributed by atoms with Gasteiger partial charge in [-0.2, -0.15) is 0 Å². The maximum absolute atomic E-state index is 12.5. The molecule has 1 aromatic heterocycles. The molecule has 22 heavy (non-hydrogen) atoms. The number of likely N-dealkylation sites (N-methyl/N-ethyl adjacent to an activating group) is 1. The molecule has 0 radical (unpaired) electrons. The Morgan fingerprint density at radius 3 is 2.59 bits per heavy atom. The van der Waals surface area contributed by atoms with Crippen molar-refractivity contribution in [2.45, 2.75) is 25.9 Å². The second kappa shape index (κ2) is 4.78. The summed E-state index contributed by atoms with van der Waals surface area (Å²) >= 11 is 0. The summed E-state index contributed by atoms with van der Waals surface area (Å²) in [6.07, 6.45) is -0.0624. The van der Waals surface area contributed by atoms with Gasteiger partial charge in [-0.05, 0) is 13.0 Å². The lowest BCUT2D eigenvalue weighted by atomic mass is 9.81. The number of aliphatic hydroxyl groups is 1. The normalized spacial score (nSPS) is 21.2. The summed E-state index contributed by atoms with van der Waals surface area (Å²) in [6, 6.07) is 6.58. The van der Waals surface area contributed by atoms with Crippen molar-refractivity contribution < 1.29 is 19.1 Å². The highest BCUT2D eigenvalue weighted by Crippen LogP contribution is 2.35. The minimum Gasteiger partial charge on any atom is -0.446 e. The highest BCUT2D eigenvalue weighted by molar-refractivity contribution is 6.12. The number of imide groups is 1. The first-order valence-corrected chi connectivity index (χ1v) is 6.92. The zero-order chi connectivity index (χ0) is 16.1. The van der Waals surface area contributed by atoms with Crippen LogP contribution in [0.1, 0.15) is 33.3 Å². The Morgan fingerprint density at radius 2 is 1.95 bits per heavy atom. The number of carbonyl (C=O) groups excluding carboxylic acids is 2. The van der Waals surface area contributed by atoms with Gasteiger partial charge in [0.05, 0.1) is 5.69 Å². The Morgan fingerprint density at radius 1 is 1.27 bits per heavy atom. The van der Waals surface area contributed by atoms with Gasteiger partial charge in [0.2, 0.25) is 0 Å². The van der Waals surface area contributed by atoms with Crippen molar-refractivity contribution in [3.05, 3.63) is 52.7 Å². The van der Waals surface area contributed by atoms with Crippen LogP contribution < -0.4 is 0 Å². The molecule has 2 amide bonds. The molecule has 6 nitrogen and oxygen atoms in total. The molecule has 1 aromatic carbocycles. The van der Waals surface area contributed by atoms with Gasteiger partial charge >= 0.3 is 0 Å². The third kappa shape index (κ3) is 1.95. The highest BCUT2D eigenvalue weighted by Gasteiger charge is 2.49. The van der Waals surface area contributed by atoms with E-state index < -0.39 is 17.4 Å². The molecule has 2 aromatic rings. The van der Waals surface area contributed by atoms with Gasteiger partial charge in [0.15, 0.2) is 11.5 Å². The largest absolute Gasteiger partial charge is 0.446 e. The standard InChI is InChI=1S/C16H16N2O4/c1-9-13(22-10(2)17-9)8-16(21)12-7-5-4-6-11(12)14(19)18(3)15(16)20/h4-7,21H,8H2,1-3H3/t16-/m1/s1. The summed E-state index contributed by atoms with van der Waals surface area (Å²) in [5.74, 6) is -0.177. The van der Waals surface area contributed by atoms with Crippen LogP contribution in [0.2, 0.25) is 0 Å². The van der Waals surface area contributed by atoms with Crippen LogP contribution in [0, 0.1) is 13.8 Å². The van der Waals surface area contributed by atoms with Gasteiger partial charge in [0.25, 0.3) is 11.8 Å². The monoisotopic (exact) mass is 300 g/mol. The molecule has 0 bridgehead atoms. The molecule has 3 rings (SSSR count). The van der Waals surface area contributed by atoms with Crippen molar-refractivity contribution in [2.24, 2.45) is 0 Å². The Hall–Kier alpha value is -2.47. The molecular formula is C16H16N2O4. The number of carbonyl (C=O) groups is 2. The first-order chi connectivity index (χ1) is 10.3. The summed E-state index contributed by atoms with van der Waals surface area (Å²) in [5.41, 5.74) is -0.594. The van der Waals surface area contributed by atoms with Crippen molar-refractivity contribution in [3.63, 3.8) is 0 Å². The Bertz CT molecular complexity index is 780. The van der Waals surface area contributed by atoms with E-state index >= 15 is 0 Å². The molecule has 0 unspecified atom stereocenters. The molecule has 2 heterocycles. The summed E-state index contributed by atoms with van der Waals surface area (Å²) in [5, 5.41) is 11.0. The minimum absolute atomic E-state index is 0.0624. The number of amides is 2. The Labute approximate surface area is 127 Å². The van der Waals surface area contributed by atoms with E-state index in [1.807, 2.05) is 0 Å². The predicted octanol–water partition coefficient (Wildman–Crippen LogP) is 1.33. The maximum Gasteiger partial charge on any atom is 0.266 e. The van der Waals surface area contributed by atoms with Crippen molar-refractivity contribution in [1.82, 2.24) is 9.88 Å². The van der Waals surface area contributed by atoms with Gasteiger partial charge in [0.1, 0.15) is 5.76 Å². The molecule has 0 saturated carbocycles. The van der Waals surface area contributed by atoms with E-state index in [-0.39, 0.29) is 6.42 Å². The van der Waals surface area contributed by atoms with Crippen molar-refractivity contribution in [3.8, 4) is 0 Å². The van der Waals surface area contributed by atoms with Gasteiger partial charge in [0, 0.05) is 31.5 Å². The fourth-order valence-electron chi connectivity index (χ4n) is 2.84. The highest BCUT2D eigenvalue weighted by atomic mass is 16.4. The second-order valence-electron chi connectivity index (χ2n) is 5.49. The van der Waals surface area contributed by atoms with Crippen LogP contribution in [-0.2, 0) is 16.8 Å². The number of nitrogens with zero attached hydrogens (tertiary/aromatic N) is 2. The van der Waals surface area contributed by atoms with Crippen molar-refractivity contribution >= 4 is 11.8 Å². The smallest absolute Gasteiger partial charge is 0.266 e. The first kappa shape index (κ1) is 14.5. The topological polar surface area (TPSA) is 83.6 Å². The second-order valence-corrected chi connectivity index (χ2v) is 5.49. The third-order valence-corrected chi connectivity index (χ3v) is 3.98.